The van der Waals surface area contributed by atoms with Gasteiger partial charge in [-0.15, -0.1) is 0 Å². The van der Waals surface area contributed by atoms with E-state index in [2.05, 4.69) is 5.32 Å². The molecule has 0 saturated carbocycles. The normalized spacial score (nSPS) is 13.8. The summed E-state index contributed by atoms with van der Waals surface area (Å²) in [6.07, 6.45) is 0.638. The fourth-order valence-corrected chi connectivity index (χ4v) is 3.28. The van der Waals surface area contributed by atoms with Crippen LogP contribution >= 0.6 is 0 Å². The first kappa shape index (κ1) is 21.4. The summed E-state index contributed by atoms with van der Waals surface area (Å²) in [5.74, 6) is -0.0848. The number of amides is 2. The summed E-state index contributed by atoms with van der Waals surface area (Å²) in [6, 6.07) is 10.8. The minimum atomic E-state index is -0.413. The summed E-state index contributed by atoms with van der Waals surface area (Å²) in [5, 5.41) is 3.08. The molecule has 0 aromatic heterocycles. The summed E-state index contributed by atoms with van der Waals surface area (Å²) in [7, 11) is 0. The second kappa shape index (κ2) is 9.43. The molecule has 0 atom stereocenters. The lowest BCUT2D eigenvalue weighted by atomic mass is 10.0. The summed E-state index contributed by atoms with van der Waals surface area (Å²) in [6.45, 7) is 6.89. The van der Waals surface area contributed by atoms with Gasteiger partial charge in [-0.1, -0.05) is 19.1 Å². The standard InChI is InChI=1S/C23H25FN2O4/c1-4-13-26-22(27)20(15-7-9-16(24)10-8-15)21(23(26)28)25-17-11-12-18(29-5-2)19(14-17)30-6-3/h7-12,14,25H,4-6,13H2,1-3H3. The molecule has 6 nitrogen and oxygen atoms in total. The summed E-state index contributed by atoms with van der Waals surface area (Å²) in [5.41, 5.74) is 1.44. The highest BCUT2D eigenvalue weighted by molar-refractivity contribution is 6.36. The van der Waals surface area contributed by atoms with Gasteiger partial charge in [0.15, 0.2) is 11.5 Å². The van der Waals surface area contributed by atoms with Crippen molar-refractivity contribution in [1.29, 1.82) is 0 Å². The van der Waals surface area contributed by atoms with Gasteiger partial charge in [0, 0.05) is 18.3 Å². The number of hydrogen-bond acceptors (Lipinski definition) is 5. The number of benzene rings is 2. The van der Waals surface area contributed by atoms with Crippen molar-refractivity contribution in [1.82, 2.24) is 4.90 Å². The van der Waals surface area contributed by atoms with Crippen LogP contribution < -0.4 is 14.8 Å². The van der Waals surface area contributed by atoms with Crippen LogP contribution in [0.1, 0.15) is 32.8 Å². The molecule has 2 aromatic rings. The van der Waals surface area contributed by atoms with E-state index in [1.807, 2.05) is 20.8 Å². The first-order valence-electron chi connectivity index (χ1n) is 10.0. The molecule has 1 aliphatic rings. The molecule has 0 radical (unpaired) electrons. The third-order valence-electron chi connectivity index (χ3n) is 4.56. The van der Waals surface area contributed by atoms with E-state index >= 15 is 0 Å². The van der Waals surface area contributed by atoms with E-state index in [-0.39, 0.29) is 11.3 Å². The zero-order valence-corrected chi connectivity index (χ0v) is 17.3. The Bertz CT molecular complexity index is 970. The molecule has 158 valence electrons. The summed E-state index contributed by atoms with van der Waals surface area (Å²) < 4.78 is 24.6. The Balaban J connectivity index is 2.03. The van der Waals surface area contributed by atoms with Crippen LogP contribution in [0.3, 0.4) is 0 Å². The van der Waals surface area contributed by atoms with Crippen LogP contribution in [0.4, 0.5) is 10.1 Å². The Morgan fingerprint density at radius 3 is 2.20 bits per heavy atom. The zero-order chi connectivity index (χ0) is 21.7. The molecule has 0 fully saturated rings. The number of nitrogens with zero attached hydrogens (tertiary/aromatic N) is 1. The SMILES string of the molecule is CCCN1C(=O)C(Nc2ccc(OCC)c(OCC)c2)=C(c2ccc(F)cc2)C1=O. The number of halogens is 1. The number of nitrogens with one attached hydrogen (secondary N) is 1. The molecular weight excluding hydrogens is 387 g/mol. The summed E-state index contributed by atoms with van der Waals surface area (Å²) in [4.78, 5) is 27.2. The van der Waals surface area contributed by atoms with E-state index in [9.17, 15) is 14.0 Å². The Labute approximate surface area is 175 Å². The van der Waals surface area contributed by atoms with Crippen LogP contribution in [0.5, 0.6) is 11.5 Å². The molecule has 30 heavy (non-hydrogen) atoms. The Kier molecular flexibility index (Phi) is 6.72. The highest BCUT2D eigenvalue weighted by atomic mass is 19.1. The molecular formula is C23H25FN2O4. The van der Waals surface area contributed by atoms with Crippen LogP contribution in [0.2, 0.25) is 0 Å². The lowest BCUT2D eigenvalue weighted by Crippen LogP contribution is -2.33. The van der Waals surface area contributed by atoms with Gasteiger partial charge < -0.3 is 14.8 Å². The maximum atomic E-state index is 13.4. The minimum absolute atomic E-state index is 0.159. The van der Waals surface area contributed by atoms with E-state index in [4.69, 9.17) is 9.47 Å². The molecule has 0 aliphatic carbocycles. The number of anilines is 1. The van der Waals surface area contributed by atoms with Gasteiger partial charge in [0.05, 0.1) is 18.8 Å². The van der Waals surface area contributed by atoms with Gasteiger partial charge in [-0.25, -0.2) is 4.39 Å². The maximum Gasteiger partial charge on any atom is 0.278 e. The van der Waals surface area contributed by atoms with Crippen LogP contribution in [-0.4, -0.2) is 36.5 Å². The van der Waals surface area contributed by atoms with Crippen LogP contribution in [-0.2, 0) is 9.59 Å². The van der Waals surface area contributed by atoms with Crippen LogP contribution in [0.25, 0.3) is 5.57 Å². The molecule has 2 amide bonds. The van der Waals surface area contributed by atoms with E-state index < -0.39 is 17.6 Å². The van der Waals surface area contributed by atoms with Gasteiger partial charge >= 0.3 is 0 Å². The molecule has 1 aliphatic heterocycles. The predicted octanol–water partition coefficient (Wildman–Crippen LogP) is 4.23. The maximum absolute atomic E-state index is 13.4. The largest absolute Gasteiger partial charge is 0.490 e. The Hall–Kier alpha value is -3.35. The van der Waals surface area contributed by atoms with Crippen molar-refractivity contribution in [3.8, 4) is 11.5 Å². The van der Waals surface area contributed by atoms with E-state index in [0.29, 0.717) is 48.9 Å². The van der Waals surface area contributed by atoms with E-state index in [1.54, 1.807) is 18.2 Å². The summed E-state index contributed by atoms with van der Waals surface area (Å²) >= 11 is 0. The van der Waals surface area contributed by atoms with Crippen molar-refractivity contribution in [2.24, 2.45) is 0 Å². The number of rotatable bonds is 9. The van der Waals surface area contributed by atoms with E-state index in [0.717, 1.165) is 0 Å². The van der Waals surface area contributed by atoms with Crippen molar-refractivity contribution in [2.75, 3.05) is 25.1 Å². The molecule has 2 aromatic carbocycles. The second-order valence-corrected chi connectivity index (χ2v) is 6.67. The van der Waals surface area contributed by atoms with Crippen molar-refractivity contribution < 1.29 is 23.5 Å². The number of carbonyl (C=O) groups is 2. The monoisotopic (exact) mass is 412 g/mol. The van der Waals surface area contributed by atoms with Gasteiger partial charge in [0.25, 0.3) is 11.8 Å². The fraction of sp³-hybridized carbons (Fsp3) is 0.304. The number of imide groups is 1. The molecule has 0 saturated heterocycles. The molecule has 1 heterocycles. The average Bonchev–Trinajstić information content (AvgIpc) is 2.96. The van der Waals surface area contributed by atoms with Gasteiger partial charge in [-0.2, -0.15) is 0 Å². The van der Waals surface area contributed by atoms with Crippen molar-refractivity contribution in [3.05, 3.63) is 59.5 Å². The first-order chi connectivity index (χ1) is 14.5. The minimum Gasteiger partial charge on any atom is -0.490 e. The lowest BCUT2D eigenvalue weighted by molar-refractivity contribution is -0.136. The molecule has 0 spiro atoms. The van der Waals surface area contributed by atoms with Gasteiger partial charge in [0.1, 0.15) is 11.5 Å². The Morgan fingerprint density at radius 2 is 1.57 bits per heavy atom. The lowest BCUT2D eigenvalue weighted by Gasteiger charge is -2.15. The Morgan fingerprint density at radius 1 is 0.900 bits per heavy atom. The third-order valence-corrected chi connectivity index (χ3v) is 4.56. The molecule has 3 rings (SSSR count). The number of carbonyl (C=O) groups excluding carboxylic acids is 2. The topological polar surface area (TPSA) is 67.9 Å². The highest BCUT2D eigenvalue weighted by Gasteiger charge is 2.38. The van der Waals surface area contributed by atoms with Crippen molar-refractivity contribution in [2.45, 2.75) is 27.2 Å². The number of ether oxygens (including phenoxy) is 2. The highest BCUT2D eigenvalue weighted by Crippen LogP contribution is 2.34. The average molecular weight is 412 g/mol. The second-order valence-electron chi connectivity index (χ2n) is 6.67. The van der Waals surface area contributed by atoms with E-state index in [1.165, 1.54) is 29.2 Å². The fourth-order valence-electron chi connectivity index (χ4n) is 3.28. The predicted molar refractivity (Wildman–Crippen MR) is 113 cm³/mol. The van der Waals surface area contributed by atoms with Gasteiger partial charge in [0.2, 0.25) is 0 Å². The smallest absolute Gasteiger partial charge is 0.278 e. The quantitative estimate of drug-likeness (QED) is 0.625. The molecule has 0 bridgehead atoms. The molecule has 1 N–H and O–H groups in total. The first-order valence-corrected chi connectivity index (χ1v) is 10.0. The van der Waals surface area contributed by atoms with Crippen molar-refractivity contribution in [3.63, 3.8) is 0 Å². The van der Waals surface area contributed by atoms with Crippen LogP contribution in [0, 0.1) is 5.82 Å². The third kappa shape index (κ3) is 4.30. The van der Waals surface area contributed by atoms with Crippen LogP contribution in [0.15, 0.2) is 48.2 Å². The zero-order valence-electron chi connectivity index (χ0n) is 17.3. The molecule has 0 unspecified atom stereocenters. The van der Waals surface area contributed by atoms with Gasteiger partial charge in [-0.05, 0) is 50.1 Å². The number of hydrogen-bond donors (Lipinski definition) is 1. The molecule has 7 heteroatoms. The van der Waals surface area contributed by atoms with Crippen molar-refractivity contribution >= 4 is 23.1 Å². The van der Waals surface area contributed by atoms with Gasteiger partial charge in [-0.3, -0.25) is 14.5 Å².